The van der Waals surface area contributed by atoms with Gasteiger partial charge in [-0.05, 0) is 78.4 Å². The van der Waals surface area contributed by atoms with Crippen LogP contribution >= 0.6 is 0 Å². The van der Waals surface area contributed by atoms with E-state index in [0.29, 0.717) is 10.8 Å². The Hall–Kier alpha value is -1.26. The van der Waals surface area contributed by atoms with Gasteiger partial charge in [-0.1, -0.05) is 72.0 Å². The number of hydrogen-bond donors (Lipinski definition) is 0. The Labute approximate surface area is 170 Å². The summed E-state index contributed by atoms with van der Waals surface area (Å²) in [6.07, 6.45) is 21.2. The Balaban J connectivity index is 0.00000225. The third-order valence-electron chi connectivity index (χ3n) is 10.1. The molecule has 0 bridgehead atoms. The summed E-state index contributed by atoms with van der Waals surface area (Å²) in [4.78, 5) is 0. The second-order valence-corrected chi connectivity index (χ2v) is 11.8. The van der Waals surface area contributed by atoms with E-state index in [2.05, 4.69) is 47.1 Å². The van der Waals surface area contributed by atoms with E-state index < -0.39 is 0 Å². The molecule has 0 nitrogen and oxygen atoms in total. The van der Waals surface area contributed by atoms with Gasteiger partial charge in [0.25, 0.3) is 0 Å². The molecule has 1 heteroatoms. The van der Waals surface area contributed by atoms with Gasteiger partial charge in [0.05, 0.1) is 0 Å². The second-order valence-electron chi connectivity index (χ2n) is 11.8. The zero-order valence-corrected chi connectivity index (χ0v) is 21.4. The summed E-state index contributed by atoms with van der Waals surface area (Å²) < 4.78 is 0. The normalized spacial score (nSPS) is 43.4. The van der Waals surface area contributed by atoms with Gasteiger partial charge in [-0.2, -0.15) is 12.8 Å². The summed E-state index contributed by atoms with van der Waals surface area (Å²) in [5, 5.41) is 0. The molecule has 0 aromatic rings. The molecular weight excluding hydrogens is 583 g/mol. The molecule has 0 aromatic carbocycles. The van der Waals surface area contributed by atoms with Crippen molar-refractivity contribution in [3.8, 4) is 0 Å². The number of hydrogen-bond acceptors (Lipinski definition) is 0. The zero-order valence-electron chi connectivity index (χ0n) is 19.2. The van der Waals surface area contributed by atoms with E-state index in [1.54, 1.807) is 0 Å². The first-order chi connectivity index (χ1) is 12.9. The summed E-state index contributed by atoms with van der Waals surface area (Å²) in [5.41, 5.74) is 3.00. The van der Waals surface area contributed by atoms with Crippen LogP contribution in [0, 0.1) is 52.8 Å². The van der Waals surface area contributed by atoms with Crippen LogP contribution in [0.2, 0.25) is 0 Å². The average molecular weight is 629 g/mol. The van der Waals surface area contributed by atoms with Crippen LogP contribution in [-0.2, 0) is 0 Å². The average Bonchev–Trinajstić information content (AvgIpc) is 2.98. The van der Waals surface area contributed by atoms with Crippen LogP contribution in [0.25, 0.3) is 0 Å². The van der Waals surface area contributed by atoms with E-state index in [0.717, 1.165) is 35.5 Å². The standard InChI is InChI=1S/C27H45.No/c1-19(2)9-8-10-20(3)23-14-15-24-22-13-12-21-11-6-7-17-26(21,4)25(22)16-18-27(23,24)5;/h6,12,19-20,22-25H,7-11,13-18H2,1-5H3;/q-1;/t20-,22?,23?,24?,25?,26?,27?;/m1./s1. The van der Waals surface area contributed by atoms with Crippen LogP contribution in [0.3, 0.4) is 0 Å². The van der Waals surface area contributed by atoms with Gasteiger partial charge in [0.2, 0.25) is 0 Å². The maximum atomic E-state index is 2.72. The molecule has 0 aromatic heterocycles. The largest absolute Gasteiger partial charge is 0.325 e. The maximum absolute atomic E-state index is 2.72. The Morgan fingerprint density at radius 1 is 1.04 bits per heavy atom. The molecule has 0 aliphatic heterocycles. The Kier molecular flexibility index (Phi) is 6.03. The van der Waals surface area contributed by atoms with Crippen molar-refractivity contribution in [2.75, 3.05) is 0 Å². The van der Waals surface area contributed by atoms with Crippen molar-refractivity contribution >= 4 is 0 Å². The first-order valence-electron chi connectivity index (χ1n) is 12.4. The van der Waals surface area contributed by atoms with Gasteiger partial charge in [0.1, 0.15) is 0 Å². The van der Waals surface area contributed by atoms with E-state index in [9.17, 15) is 0 Å². The third-order valence-corrected chi connectivity index (χ3v) is 10.1. The smallest absolute Gasteiger partial charge is 0 e. The molecule has 0 N–H and O–H groups in total. The molecule has 4 rings (SSSR count). The fraction of sp³-hybridized carbons (Fsp3) is 0.889. The van der Waals surface area contributed by atoms with Crippen molar-refractivity contribution in [3.05, 3.63) is 18.1 Å². The first kappa shape index (κ1) is 21.4. The molecule has 3 fully saturated rings. The van der Waals surface area contributed by atoms with Gasteiger partial charge >= 0.3 is 0 Å². The fourth-order valence-corrected chi connectivity index (χ4v) is 8.50. The van der Waals surface area contributed by atoms with Gasteiger partial charge in [0.15, 0.2) is 0 Å². The maximum Gasteiger partial charge on any atom is 0 e. The number of rotatable bonds is 5. The summed E-state index contributed by atoms with van der Waals surface area (Å²) in [6, 6.07) is 0. The van der Waals surface area contributed by atoms with Crippen LogP contribution in [0.1, 0.15) is 105 Å². The molecule has 168 valence electrons. The van der Waals surface area contributed by atoms with Gasteiger partial charge in [-0.15, -0.1) is 0 Å². The van der Waals surface area contributed by atoms with Crippen molar-refractivity contribution in [1.82, 2.24) is 0 Å². The fourth-order valence-electron chi connectivity index (χ4n) is 8.50. The predicted molar refractivity (Wildman–Crippen MR) is 117 cm³/mol. The molecule has 0 saturated heterocycles. The molecule has 28 heavy (non-hydrogen) atoms. The quantitative estimate of drug-likeness (QED) is 0.213. The second kappa shape index (κ2) is 7.87. The topological polar surface area (TPSA) is 0 Å². The summed E-state index contributed by atoms with van der Waals surface area (Å²) in [5.74, 6) is 5.78. The minimum atomic E-state index is 0. The van der Waals surface area contributed by atoms with E-state index in [4.69, 9.17) is 0 Å². The Morgan fingerprint density at radius 2 is 1.82 bits per heavy atom. The molecule has 7 atom stereocenters. The van der Waals surface area contributed by atoms with Crippen LogP contribution in [-0.4, -0.2) is 0 Å². The minimum Gasteiger partial charge on any atom is -0.325 e. The molecule has 4 aliphatic rings. The van der Waals surface area contributed by atoms with Crippen LogP contribution in [0.15, 0.2) is 11.6 Å². The van der Waals surface area contributed by atoms with Crippen LogP contribution < -0.4 is 0 Å². The molecule has 0 radical (unpaired) electrons. The number of allylic oxidation sites excluding steroid dienone is 2. The van der Waals surface area contributed by atoms with E-state index in [1.807, 2.05) is 5.57 Å². The predicted octanol–water partition coefficient (Wildman–Crippen LogP) is 8.23. The van der Waals surface area contributed by atoms with Crippen molar-refractivity contribution in [3.63, 3.8) is 0 Å². The summed E-state index contributed by atoms with van der Waals surface area (Å²) in [6.45, 7) is 12.7. The van der Waals surface area contributed by atoms with E-state index in [-0.39, 0.29) is 0 Å². The van der Waals surface area contributed by atoms with E-state index >= 15 is 0 Å². The Bertz CT molecular complexity index is 563. The molecule has 0 heterocycles. The Morgan fingerprint density at radius 3 is 2.57 bits per heavy atom. The van der Waals surface area contributed by atoms with E-state index in [1.165, 1.54) is 70.6 Å². The molecule has 3 saturated carbocycles. The third kappa shape index (κ3) is 3.33. The van der Waals surface area contributed by atoms with Gasteiger partial charge in [0, 0.05) is 0 Å². The molecular formula is C27H45No-. The monoisotopic (exact) mass is 628 g/mol. The first-order valence-corrected chi connectivity index (χ1v) is 12.4. The van der Waals surface area contributed by atoms with Crippen molar-refractivity contribution in [1.29, 1.82) is 0 Å². The molecule has 0 amide bonds. The molecule has 4 aliphatic carbocycles. The van der Waals surface area contributed by atoms with Crippen molar-refractivity contribution in [2.24, 2.45) is 46.3 Å². The van der Waals surface area contributed by atoms with Crippen LogP contribution in [0.5, 0.6) is 0 Å². The van der Waals surface area contributed by atoms with Crippen molar-refractivity contribution < 1.29 is 0 Å². The van der Waals surface area contributed by atoms with Gasteiger partial charge < -0.3 is 6.42 Å². The molecule has 0 spiro atoms. The van der Waals surface area contributed by atoms with Gasteiger partial charge in [-0.3, -0.25) is 0 Å². The number of fused-ring (bicyclic) bond motifs is 5. The molecule has 6 unspecified atom stereocenters. The van der Waals surface area contributed by atoms with Crippen LogP contribution in [0.4, 0.5) is 0 Å². The minimum absolute atomic E-state index is 0. The van der Waals surface area contributed by atoms with Gasteiger partial charge in [-0.25, -0.2) is 0 Å². The summed E-state index contributed by atoms with van der Waals surface area (Å²) in [7, 11) is 0. The SMILES string of the molecule is CC(C)CCC[C@@H](C)C1CCC2C3CC=C4C[CH-]CCC4(C)C3CCC21C.[No]. The van der Waals surface area contributed by atoms with Crippen molar-refractivity contribution in [2.45, 2.75) is 105 Å². The summed E-state index contributed by atoms with van der Waals surface area (Å²) >= 11 is 0. The zero-order chi connectivity index (χ0) is 19.2.